The lowest BCUT2D eigenvalue weighted by Gasteiger charge is -2.34. The van der Waals surface area contributed by atoms with Crippen molar-refractivity contribution in [1.29, 1.82) is 0 Å². The van der Waals surface area contributed by atoms with Crippen molar-refractivity contribution < 1.29 is 5.11 Å². The number of hydrogen-bond acceptors (Lipinski definition) is 4. The molecule has 2 atom stereocenters. The third kappa shape index (κ3) is 1.63. The number of allylic oxidation sites excluding steroid dienone is 1. The molecule has 1 aliphatic carbocycles. The van der Waals surface area contributed by atoms with Crippen LogP contribution in [0.5, 0.6) is 0 Å². The molecule has 0 bridgehead atoms. The van der Waals surface area contributed by atoms with Gasteiger partial charge in [0.2, 0.25) is 0 Å². The van der Waals surface area contributed by atoms with Crippen LogP contribution in [-0.4, -0.2) is 16.9 Å². The van der Waals surface area contributed by atoms with E-state index in [1.54, 1.807) is 12.2 Å². The van der Waals surface area contributed by atoms with E-state index in [1.807, 2.05) is 30.3 Å². The average molecular weight is 217 g/mol. The Morgan fingerprint density at radius 3 is 2.44 bits per heavy atom. The van der Waals surface area contributed by atoms with E-state index in [9.17, 15) is 5.11 Å². The van der Waals surface area contributed by atoms with Crippen LogP contribution in [-0.2, 0) is 0 Å². The Kier molecular flexibility index (Phi) is 2.55. The Labute approximate surface area is 94.0 Å². The largest absolute Gasteiger partial charge is 0.398 e. The Morgan fingerprint density at radius 1 is 1.19 bits per heavy atom. The first-order valence-corrected chi connectivity index (χ1v) is 5.04. The predicted molar refractivity (Wildman–Crippen MR) is 63.8 cm³/mol. The molecule has 1 aromatic carbocycles. The quantitative estimate of drug-likeness (QED) is 0.494. The summed E-state index contributed by atoms with van der Waals surface area (Å²) < 4.78 is 0. The van der Waals surface area contributed by atoms with Gasteiger partial charge in [0.1, 0.15) is 0 Å². The number of nitrogens with two attached hydrogens (primary N) is 3. The first-order valence-electron chi connectivity index (χ1n) is 5.04. The molecule has 0 spiro atoms. The van der Waals surface area contributed by atoms with Crippen LogP contribution in [0.15, 0.2) is 48.2 Å². The fraction of sp³-hybridized carbons (Fsp3) is 0.167. The minimum atomic E-state index is -1.62. The summed E-state index contributed by atoms with van der Waals surface area (Å²) in [5, 5.41) is 10.2. The Hall–Kier alpha value is -1.62. The molecule has 1 aromatic rings. The van der Waals surface area contributed by atoms with Crippen molar-refractivity contribution in [3.63, 3.8) is 0 Å². The van der Waals surface area contributed by atoms with Crippen LogP contribution < -0.4 is 17.2 Å². The van der Waals surface area contributed by atoms with E-state index in [0.29, 0.717) is 11.3 Å². The highest BCUT2D eigenvalue weighted by Crippen LogP contribution is 2.31. The summed E-state index contributed by atoms with van der Waals surface area (Å²) in [4.78, 5) is 0. The minimum Gasteiger partial charge on any atom is -0.398 e. The summed E-state index contributed by atoms with van der Waals surface area (Å²) in [6, 6.07) is 8.62. The van der Waals surface area contributed by atoms with Gasteiger partial charge in [-0.3, -0.25) is 5.73 Å². The average Bonchev–Trinajstić information content (AvgIpc) is 2.25. The number of benzene rings is 1. The molecule has 0 saturated carbocycles. The second-order valence-corrected chi connectivity index (χ2v) is 3.91. The summed E-state index contributed by atoms with van der Waals surface area (Å²) in [6.45, 7) is 0. The Balaban J connectivity index is 2.57. The van der Waals surface area contributed by atoms with E-state index in [2.05, 4.69) is 0 Å². The van der Waals surface area contributed by atoms with Gasteiger partial charge in [-0.2, -0.15) is 0 Å². The number of rotatable bonds is 1. The zero-order valence-electron chi connectivity index (χ0n) is 8.80. The first kappa shape index (κ1) is 10.9. The van der Waals surface area contributed by atoms with Gasteiger partial charge >= 0.3 is 0 Å². The van der Waals surface area contributed by atoms with Crippen LogP contribution in [0, 0.1) is 0 Å². The van der Waals surface area contributed by atoms with Gasteiger partial charge < -0.3 is 16.6 Å². The molecule has 0 heterocycles. The van der Waals surface area contributed by atoms with Crippen molar-refractivity contribution in [2.75, 3.05) is 0 Å². The normalized spacial score (nSPS) is 29.6. The van der Waals surface area contributed by atoms with Crippen molar-refractivity contribution in [3.05, 3.63) is 53.7 Å². The fourth-order valence-electron chi connectivity index (χ4n) is 1.84. The van der Waals surface area contributed by atoms with Gasteiger partial charge in [-0.05, 0) is 11.6 Å². The van der Waals surface area contributed by atoms with Gasteiger partial charge in [0.05, 0.1) is 6.04 Å². The molecule has 16 heavy (non-hydrogen) atoms. The van der Waals surface area contributed by atoms with Gasteiger partial charge in [0.25, 0.3) is 0 Å². The molecular formula is C12H15N3O. The minimum absolute atomic E-state index is 0.443. The zero-order chi connectivity index (χ0) is 11.8. The molecule has 0 unspecified atom stereocenters. The fourth-order valence-corrected chi connectivity index (χ4v) is 1.84. The lowest BCUT2D eigenvalue weighted by molar-refractivity contribution is 0.0934. The van der Waals surface area contributed by atoms with Crippen LogP contribution in [0.3, 0.4) is 0 Å². The van der Waals surface area contributed by atoms with E-state index in [4.69, 9.17) is 17.2 Å². The molecule has 2 rings (SSSR count). The summed E-state index contributed by atoms with van der Waals surface area (Å²) in [7, 11) is 0. The zero-order valence-corrected chi connectivity index (χ0v) is 8.80. The third-order valence-electron chi connectivity index (χ3n) is 2.74. The molecule has 0 radical (unpaired) electrons. The van der Waals surface area contributed by atoms with Crippen molar-refractivity contribution in [2.24, 2.45) is 17.2 Å². The standard InChI is InChI=1S/C12H15N3O/c13-9-6-7-10(14)12(15,16)11(9)8-4-2-1-3-5-8/h1-7,10,16H,13-15H2/t10-,12+/m1/s1. The predicted octanol–water partition coefficient (Wildman–Crippen LogP) is -0.0992. The maximum absolute atomic E-state index is 10.2. The highest BCUT2D eigenvalue weighted by atomic mass is 16.3. The van der Waals surface area contributed by atoms with Crippen molar-refractivity contribution in [1.82, 2.24) is 0 Å². The Bertz CT molecular complexity index is 449. The molecular weight excluding hydrogens is 202 g/mol. The van der Waals surface area contributed by atoms with Gasteiger partial charge in [-0.25, -0.2) is 0 Å². The molecule has 0 aliphatic heterocycles. The molecule has 4 heteroatoms. The van der Waals surface area contributed by atoms with E-state index in [-0.39, 0.29) is 0 Å². The number of hydrogen-bond donors (Lipinski definition) is 4. The highest BCUT2D eigenvalue weighted by molar-refractivity contribution is 5.78. The maximum Gasteiger partial charge on any atom is 0.161 e. The monoisotopic (exact) mass is 217 g/mol. The van der Waals surface area contributed by atoms with Gasteiger partial charge in [-0.1, -0.05) is 36.4 Å². The first-order chi connectivity index (χ1) is 7.53. The van der Waals surface area contributed by atoms with Gasteiger partial charge in [0.15, 0.2) is 5.72 Å². The molecule has 0 aromatic heterocycles. The SMILES string of the molecule is NC1=C(c2ccccc2)[C@@](N)(O)[C@H](N)C=C1. The molecule has 0 fully saturated rings. The molecule has 7 N–H and O–H groups in total. The lowest BCUT2D eigenvalue weighted by Crippen LogP contribution is -2.57. The van der Waals surface area contributed by atoms with E-state index in [1.165, 1.54) is 0 Å². The summed E-state index contributed by atoms with van der Waals surface area (Å²) in [6.07, 6.45) is 3.27. The third-order valence-corrected chi connectivity index (χ3v) is 2.74. The van der Waals surface area contributed by atoms with Gasteiger partial charge in [0, 0.05) is 11.3 Å². The topological polar surface area (TPSA) is 98.3 Å². The van der Waals surface area contributed by atoms with Crippen LogP contribution in [0.25, 0.3) is 5.57 Å². The molecule has 0 amide bonds. The van der Waals surface area contributed by atoms with E-state index >= 15 is 0 Å². The van der Waals surface area contributed by atoms with Crippen molar-refractivity contribution in [2.45, 2.75) is 11.8 Å². The second-order valence-electron chi connectivity index (χ2n) is 3.91. The van der Waals surface area contributed by atoms with Crippen LogP contribution in [0.1, 0.15) is 5.56 Å². The molecule has 1 aliphatic rings. The Morgan fingerprint density at radius 2 is 1.81 bits per heavy atom. The maximum atomic E-state index is 10.2. The number of aliphatic hydroxyl groups is 1. The van der Waals surface area contributed by atoms with Crippen LogP contribution in [0.4, 0.5) is 0 Å². The lowest BCUT2D eigenvalue weighted by atomic mass is 9.85. The van der Waals surface area contributed by atoms with E-state index in [0.717, 1.165) is 5.56 Å². The molecule has 0 saturated heterocycles. The molecule has 84 valence electrons. The summed E-state index contributed by atoms with van der Waals surface area (Å²) in [5.74, 6) is 0. The van der Waals surface area contributed by atoms with Crippen LogP contribution >= 0.6 is 0 Å². The highest BCUT2D eigenvalue weighted by Gasteiger charge is 2.37. The van der Waals surface area contributed by atoms with Crippen molar-refractivity contribution in [3.8, 4) is 0 Å². The van der Waals surface area contributed by atoms with Crippen LogP contribution in [0.2, 0.25) is 0 Å². The van der Waals surface area contributed by atoms with Gasteiger partial charge in [-0.15, -0.1) is 0 Å². The molecule has 4 nitrogen and oxygen atoms in total. The van der Waals surface area contributed by atoms with Crippen molar-refractivity contribution >= 4 is 5.57 Å². The summed E-state index contributed by atoms with van der Waals surface area (Å²) in [5.41, 5.74) is 17.5. The smallest absolute Gasteiger partial charge is 0.161 e. The van der Waals surface area contributed by atoms with E-state index < -0.39 is 11.8 Å². The summed E-state index contributed by atoms with van der Waals surface area (Å²) >= 11 is 0. The second kappa shape index (κ2) is 3.75.